The standard InChI is InChI=1S/C14H27NO4S/c1-3-4-5-6-7-20-14-13(18)12(17)8-11(19-14)9-15-10(2)16/h11-14,17-18H,3-9H2,1-2H3,(H,15,16)/t11-,12-,13-,14+/m0/s1. The molecular weight excluding hydrogens is 278 g/mol. The summed E-state index contributed by atoms with van der Waals surface area (Å²) in [6.07, 6.45) is 3.20. The van der Waals surface area contributed by atoms with Crippen molar-refractivity contribution in [1.82, 2.24) is 5.32 Å². The van der Waals surface area contributed by atoms with Crippen LogP contribution in [0.1, 0.15) is 46.0 Å². The summed E-state index contributed by atoms with van der Waals surface area (Å²) in [4.78, 5) is 10.9. The molecule has 1 aliphatic heterocycles. The van der Waals surface area contributed by atoms with Crippen molar-refractivity contribution in [3.63, 3.8) is 0 Å². The maximum absolute atomic E-state index is 10.9. The molecule has 0 bridgehead atoms. The van der Waals surface area contributed by atoms with Gasteiger partial charge in [-0.2, -0.15) is 0 Å². The lowest BCUT2D eigenvalue weighted by molar-refractivity contribution is -0.137. The minimum Gasteiger partial charge on any atom is -0.390 e. The lowest BCUT2D eigenvalue weighted by atomic mass is 10.0. The second-order valence-corrected chi connectivity index (χ2v) is 6.49. The number of carbonyl (C=O) groups is 1. The lowest BCUT2D eigenvalue weighted by Gasteiger charge is -2.36. The van der Waals surface area contributed by atoms with Crippen LogP contribution >= 0.6 is 11.8 Å². The van der Waals surface area contributed by atoms with Crippen molar-refractivity contribution < 1.29 is 19.7 Å². The van der Waals surface area contributed by atoms with Gasteiger partial charge in [-0.15, -0.1) is 11.8 Å². The highest BCUT2D eigenvalue weighted by atomic mass is 32.2. The quantitative estimate of drug-likeness (QED) is 0.589. The van der Waals surface area contributed by atoms with Crippen LogP contribution in [0.5, 0.6) is 0 Å². The van der Waals surface area contributed by atoms with Gasteiger partial charge in [-0.1, -0.05) is 26.2 Å². The first-order chi connectivity index (χ1) is 9.54. The summed E-state index contributed by atoms with van der Waals surface area (Å²) in [7, 11) is 0. The molecule has 0 aliphatic carbocycles. The number of ether oxygens (including phenoxy) is 1. The molecule has 1 fully saturated rings. The molecule has 0 unspecified atom stereocenters. The molecule has 0 aromatic rings. The zero-order valence-electron chi connectivity index (χ0n) is 12.4. The number of unbranched alkanes of at least 4 members (excludes halogenated alkanes) is 3. The summed E-state index contributed by atoms with van der Waals surface area (Å²) in [6, 6.07) is 0. The van der Waals surface area contributed by atoms with Gasteiger partial charge in [0.25, 0.3) is 0 Å². The number of aliphatic hydroxyl groups excluding tert-OH is 2. The first-order valence-electron chi connectivity index (χ1n) is 7.42. The average Bonchev–Trinajstić information content (AvgIpc) is 2.41. The number of carbonyl (C=O) groups excluding carboxylic acids is 1. The smallest absolute Gasteiger partial charge is 0.216 e. The summed E-state index contributed by atoms with van der Waals surface area (Å²) >= 11 is 1.55. The molecule has 1 amide bonds. The van der Waals surface area contributed by atoms with Crippen molar-refractivity contribution in [1.29, 1.82) is 0 Å². The van der Waals surface area contributed by atoms with Crippen LogP contribution in [0.4, 0.5) is 0 Å². The number of hydrogen-bond donors (Lipinski definition) is 3. The van der Waals surface area contributed by atoms with Crippen molar-refractivity contribution >= 4 is 17.7 Å². The van der Waals surface area contributed by atoms with Gasteiger partial charge in [0.1, 0.15) is 11.5 Å². The Kier molecular flexibility index (Phi) is 8.52. The Hall–Kier alpha value is -0.300. The van der Waals surface area contributed by atoms with Crippen LogP contribution in [0.3, 0.4) is 0 Å². The fraction of sp³-hybridized carbons (Fsp3) is 0.929. The minimum absolute atomic E-state index is 0.113. The van der Waals surface area contributed by atoms with Crippen LogP contribution in [0.25, 0.3) is 0 Å². The van der Waals surface area contributed by atoms with Crippen molar-refractivity contribution in [3.8, 4) is 0 Å². The molecule has 0 saturated carbocycles. The molecule has 1 aliphatic rings. The largest absolute Gasteiger partial charge is 0.390 e. The van der Waals surface area contributed by atoms with E-state index in [2.05, 4.69) is 12.2 Å². The van der Waals surface area contributed by atoms with Crippen molar-refractivity contribution in [2.45, 2.75) is 69.7 Å². The topological polar surface area (TPSA) is 78.8 Å². The van der Waals surface area contributed by atoms with Gasteiger partial charge in [-0.05, 0) is 12.2 Å². The Bertz CT molecular complexity index is 290. The average molecular weight is 305 g/mol. The monoisotopic (exact) mass is 305 g/mol. The van der Waals surface area contributed by atoms with E-state index in [1.54, 1.807) is 11.8 Å². The van der Waals surface area contributed by atoms with Crippen LogP contribution in [-0.4, -0.2) is 52.2 Å². The number of thioether (sulfide) groups is 1. The number of rotatable bonds is 8. The van der Waals surface area contributed by atoms with E-state index in [0.29, 0.717) is 13.0 Å². The van der Waals surface area contributed by atoms with Crippen LogP contribution in [0.2, 0.25) is 0 Å². The van der Waals surface area contributed by atoms with Crippen LogP contribution in [0.15, 0.2) is 0 Å². The van der Waals surface area contributed by atoms with Crippen LogP contribution < -0.4 is 5.32 Å². The zero-order chi connectivity index (χ0) is 15.0. The molecule has 4 atom stereocenters. The number of aliphatic hydroxyl groups is 2. The Morgan fingerprint density at radius 2 is 2.10 bits per heavy atom. The molecule has 0 spiro atoms. The highest BCUT2D eigenvalue weighted by Crippen LogP contribution is 2.28. The third-order valence-corrected chi connectivity index (χ3v) is 4.61. The van der Waals surface area contributed by atoms with E-state index in [4.69, 9.17) is 4.74 Å². The third kappa shape index (κ3) is 6.43. The fourth-order valence-electron chi connectivity index (χ4n) is 2.17. The Morgan fingerprint density at radius 3 is 2.75 bits per heavy atom. The normalized spacial score (nSPS) is 30.2. The summed E-state index contributed by atoms with van der Waals surface area (Å²) in [5, 5.41) is 22.5. The van der Waals surface area contributed by atoms with Crippen molar-refractivity contribution in [2.24, 2.45) is 0 Å². The summed E-state index contributed by atoms with van der Waals surface area (Å²) in [5.41, 5.74) is -0.404. The lowest BCUT2D eigenvalue weighted by Crippen LogP contribution is -2.49. The molecule has 20 heavy (non-hydrogen) atoms. The van der Waals surface area contributed by atoms with Gasteiger partial charge in [-0.3, -0.25) is 4.79 Å². The highest BCUT2D eigenvalue weighted by Gasteiger charge is 2.36. The first kappa shape index (κ1) is 17.8. The predicted octanol–water partition coefficient (Wildman–Crippen LogP) is 1.27. The second kappa shape index (κ2) is 9.60. The zero-order valence-corrected chi connectivity index (χ0v) is 13.2. The van der Waals surface area contributed by atoms with E-state index in [1.165, 1.54) is 26.2 Å². The van der Waals surface area contributed by atoms with E-state index < -0.39 is 17.6 Å². The van der Waals surface area contributed by atoms with Gasteiger partial charge in [-0.25, -0.2) is 0 Å². The molecule has 118 valence electrons. The van der Waals surface area contributed by atoms with E-state index in [9.17, 15) is 15.0 Å². The molecule has 6 heteroatoms. The summed E-state index contributed by atoms with van der Waals surface area (Å²) < 4.78 is 5.76. The van der Waals surface area contributed by atoms with Gasteiger partial charge in [0.15, 0.2) is 0 Å². The number of amides is 1. The van der Waals surface area contributed by atoms with Gasteiger partial charge in [0, 0.05) is 19.9 Å². The predicted molar refractivity (Wildman–Crippen MR) is 80.6 cm³/mol. The molecule has 1 saturated heterocycles. The SMILES string of the molecule is CCCCCCS[C@H]1O[C@H](CNC(C)=O)C[C@H](O)[C@@H]1O. The van der Waals surface area contributed by atoms with Crippen molar-refractivity contribution in [3.05, 3.63) is 0 Å². The molecule has 1 rings (SSSR count). The van der Waals surface area contributed by atoms with E-state index in [-0.39, 0.29) is 12.0 Å². The van der Waals surface area contributed by atoms with Crippen molar-refractivity contribution in [2.75, 3.05) is 12.3 Å². The molecule has 0 radical (unpaired) electrons. The third-order valence-electron chi connectivity index (χ3n) is 3.36. The molecular formula is C14H27NO4S. The van der Waals surface area contributed by atoms with E-state index in [0.717, 1.165) is 12.2 Å². The molecule has 0 aromatic carbocycles. The van der Waals surface area contributed by atoms with Crippen LogP contribution in [-0.2, 0) is 9.53 Å². The fourth-order valence-corrected chi connectivity index (χ4v) is 3.39. The van der Waals surface area contributed by atoms with Gasteiger partial charge >= 0.3 is 0 Å². The van der Waals surface area contributed by atoms with Gasteiger partial charge in [0.05, 0.1) is 12.2 Å². The molecule has 0 aromatic heterocycles. The minimum atomic E-state index is -0.847. The van der Waals surface area contributed by atoms with Gasteiger partial charge < -0.3 is 20.3 Å². The highest BCUT2D eigenvalue weighted by molar-refractivity contribution is 7.99. The first-order valence-corrected chi connectivity index (χ1v) is 8.47. The van der Waals surface area contributed by atoms with E-state index >= 15 is 0 Å². The molecule has 1 heterocycles. The summed E-state index contributed by atoms with van der Waals surface area (Å²) in [6.45, 7) is 4.00. The second-order valence-electron chi connectivity index (χ2n) is 5.29. The Balaban J connectivity index is 2.32. The Labute approximate surface area is 125 Å². The maximum atomic E-state index is 10.9. The Morgan fingerprint density at radius 1 is 1.35 bits per heavy atom. The van der Waals surface area contributed by atoms with E-state index in [1.807, 2.05) is 0 Å². The van der Waals surface area contributed by atoms with Gasteiger partial charge in [0.2, 0.25) is 5.91 Å². The molecule has 3 N–H and O–H groups in total. The number of hydrogen-bond acceptors (Lipinski definition) is 5. The van der Waals surface area contributed by atoms with Crippen LogP contribution in [0, 0.1) is 0 Å². The summed E-state index contributed by atoms with van der Waals surface area (Å²) in [5.74, 6) is 0.805. The molecule has 5 nitrogen and oxygen atoms in total. The number of nitrogens with one attached hydrogen (secondary N) is 1. The maximum Gasteiger partial charge on any atom is 0.216 e.